The molecule has 0 atom stereocenters. The smallest absolute Gasteiger partial charge is 0.338 e. The van der Waals surface area contributed by atoms with E-state index in [-0.39, 0.29) is 11.4 Å². The van der Waals surface area contributed by atoms with E-state index < -0.39 is 11.5 Å². The van der Waals surface area contributed by atoms with Crippen molar-refractivity contribution < 1.29 is 9.21 Å². The largest absolute Gasteiger partial charge is 0.423 e. The number of carbonyl (C=O) groups is 1. The van der Waals surface area contributed by atoms with Gasteiger partial charge in [0.15, 0.2) is 0 Å². The van der Waals surface area contributed by atoms with Gasteiger partial charge in [-0.25, -0.2) is 4.79 Å². The second-order valence-electron chi connectivity index (χ2n) is 5.61. The molecule has 2 aromatic rings. The van der Waals surface area contributed by atoms with Crippen molar-refractivity contribution in [3.8, 4) is 6.07 Å². The Morgan fingerprint density at radius 3 is 2.81 bits per heavy atom. The Labute approximate surface area is 153 Å². The van der Waals surface area contributed by atoms with Crippen LogP contribution in [0.3, 0.4) is 0 Å². The number of hydrazone groups is 1. The average Bonchev–Trinajstić information content (AvgIpc) is 2.67. The van der Waals surface area contributed by atoms with E-state index in [2.05, 4.69) is 21.4 Å². The summed E-state index contributed by atoms with van der Waals surface area (Å²) in [6.45, 7) is 0. The van der Waals surface area contributed by atoms with Crippen molar-refractivity contribution in [3.63, 3.8) is 0 Å². The molecule has 9 nitrogen and oxygen atoms in total. The molecule has 1 amide bonds. The van der Waals surface area contributed by atoms with E-state index in [0.717, 1.165) is 0 Å². The minimum absolute atomic E-state index is 0.244. The second kappa shape index (κ2) is 7.88. The molecule has 1 aliphatic carbocycles. The van der Waals surface area contributed by atoms with Gasteiger partial charge in [0.1, 0.15) is 11.5 Å². The Hall–Kier alpha value is -4.06. The third-order valence-electron chi connectivity index (χ3n) is 3.76. The first-order chi connectivity index (χ1) is 13.1. The summed E-state index contributed by atoms with van der Waals surface area (Å²) in [4.78, 5) is 23.6. The summed E-state index contributed by atoms with van der Waals surface area (Å²) in [7, 11) is 0. The summed E-state index contributed by atoms with van der Waals surface area (Å²) in [5.41, 5.74) is 14.6. The minimum atomic E-state index is -0.722. The monoisotopic (exact) mass is 364 g/mol. The Morgan fingerprint density at radius 1 is 1.30 bits per heavy atom. The summed E-state index contributed by atoms with van der Waals surface area (Å²) in [6.07, 6.45) is 2.91. The van der Waals surface area contributed by atoms with E-state index in [0.29, 0.717) is 34.9 Å². The molecule has 1 aromatic heterocycles. The molecule has 1 heterocycles. The summed E-state index contributed by atoms with van der Waals surface area (Å²) >= 11 is 0. The van der Waals surface area contributed by atoms with E-state index in [4.69, 9.17) is 15.4 Å². The lowest BCUT2D eigenvalue weighted by Gasteiger charge is -2.14. The number of anilines is 2. The van der Waals surface area contributed by atoms with Gasteiger partial charge in [-0.2, -0.15) is 10.4 Å². The maximum Gasteiger partial charge on any atom is 0.338 e. The number of nitrogens with one attached hydrogen (secondary N) is 3. The molecule has 0 saturated heterocycles. The van der Waals surface area contributed by atoms with Crippen molar-refractivity contribution >= 4 is 34.8 Å². The molecule has 0 aliphatic heterocycles. The highest BCUT2D eigenvalue weighted by atomic mass is 16.4. The van der Waals surface area contributed by atoms with Crippen LogP contribution in [0.25, 0.3) is 11.8 Å². The number of benzene rings is 1. The van der Waals surface area contributed by atoms with Crippen molar-refractivity contribution in [1.29, 1.82) is 5.26 Å². The first kappa shape index (κ1) is 17.8. The fraction of sp³-hybridized carbons (Fsp3) is 0.111. The minimum Gasteiger partial charge on any atom is -0.423 e. The zero-order chi connectivity index (χ0) is 19.2. The van der Waals surface area contributed by atoms with Crippen LogP contribution in [0.2, 0.25) is 0 Å². The number of nitrogen functional groups attached to an aromatic ring is 1. The number of hydrogen-bond acceptors (Lipinski definition) is 8. The van der Waals surface area contributed by atoms with Crippen molar-refractivity contribution in [2.45, 2.75) is 12.8 Å². The molecular weight excluding hydrogens is 348 g/mol. The summed E-state index contributed by atoms with van der Waals surface area (Å²) in [6, 6.07) is 11.8. The molecule has 0 bridgehead atoms. The lowest BCUT2D eigenvalue weighted by molar-refractivity contribution is -0.115. The van der Waals surface area contributed by atoms with Gasteiger partial charge in [-0.3, -0.25) is 15.6 Å². The molecule has 1 aliphatic rings. The van der Waals surface area contributed by atoms with Crippen LogP contribution in [-0.4, -0.2) is 11.6 Å². The molecule has 3 rings (SSSR count). The van der Waals surface area contributed by atoms with Crippen LogP contribution >= 0.6 is 0 Å². The molecule has 136 valence electrons. The topological polar surface area (TPSA) is 146 Å². The van der Waals surface area contributed by atoms with Gasteiger partial charge in [-0.15, -0.1) is 0 Å². The van der Waals surface area contributed by atoms with Gasteiger partial charge >= 0.3 is 11.5 Å². The Morgan fingerprint density at radius 2 is 2.07 bits per heavy atom. The predicted molar refractivity (Wildman–Crippen MR) is 100 cm³/mol. The van der Waals surface area contributed by atoms with E-state index in [1.54, 1.807) is 36.4 Å². The van der Waals surface area contributed by atoms with Gasteiger partial charge in [0.25, 0.3) is 0 Å². The molecular formula is C18H16N6O3. The number of carbonyl (C=O) groups excluding carboxylic acids is 1. The van der Waals surface area contributed by atoms with Gasteiger partial charge < -0.3 is 15.6 Å². The molecule has 5 N–H and O–H groups in total. The number of nitrogens with two attached hydrogens (primary N) is 1. The van der Waals surface area contributed by atoms with Crippen LogP contribution in [0, 0.1) is 11.3 Å². The summed E-state index contributed by atoms with van der Waals surface area (Å²) in [5.74, 6) is -0.722. The first-order valence-electron chi connectivity index (χ1n) is 8.06. The number of amides is 1. The third kappa shape index (κ3) is 4.13. The lowest BCUT2D eigenvalue weighted by atomic mass is 10.1. The van der Waals surface area contributed by atoms with E-state index >= 15 is 0 Å². The fourth-order valence-electron chi connectivity index (χ4n) is 2.55. The van der Waals surface area contributed by atoms with Crippen molar-refractivity contribution in [2.24, 2.45) is 5.10 Å². The highest BCUT2D eigenvalue weighted by Gasteiger charge is 2.14. The number of nitriles is 1. The Bertz CT molecular complexity index is 1110. The summed E-state index contributed by atoms with van der Waals surface area (Å²) < 4.78 is 5.12. The van der Waals surface area contributed by atoms with Crippen molar-refractivity contribution in [2.75, 3.05) is 11.2 Å². The van der Waals surface area contributed by atoms with Crippen LogP contribution in [0.15, 0.2) is 50.7 Å². The highest BCUT2D eigenvalue weighted by Crippen LogP contribution is 2.06. The predicted octanol–water partition coefficient (Wildman–Crippen LogP) is -0.483. The van der Waals surface area contributed by atoms with Gasteiger partial charge in [0.05, 0.1) is 16.6 Å². The van der Waals surface area contributed by atoms with Gasteiger partial charge in [0.2, 0.25) is 5.71 Å². The maximum absolute atomic E-state index is 12.2. The number of para-hydroxylation sites is 1. The number of fused-ring (bicyclic) bond motifs is 1. The molecule has 0 unspecified atom stereocenters. The van der Waals surface area contributed by atoms with E-state index in [1.165, 1.54) is 6.07 Å². The number of hydrazine groups is 1. The lowest BCUT2D eigenvalue weighted by Crippen LogP contribution is -2.46. The van der Waals surface area contributed by atoms with Crippen LogP contribution in [0.4, 0.5) is 11.4 Å². The Balaban J connectivity index is 1.77. The first-order valence-corrected chi connectivity index (χ1v) is 8.06. The van der Waals surface area contributed by atoms with Crippen molar-refractivity contribution in [3.05, 3.63) is 57.5 Å². The number of hydrogen-bond donors (Lipinski definition) is 4. The quantitative estimate of drug-likeness (QED) is 0.414. The van der Waals surface area contributed by atoms with Crippen LogP contribution in [-0.2, 0) is 4.79 Å². The molecule has 0 spiro atoms. The zero-order valence-corrected chi connectivity index (χ0v) is 14.2. The Kier molecular flexibility index (Phi) is 5.18. The zero-order valence-electron chi connectivity index (χ0n) is 14.2. The van der Waals surface area contributed by atoms with E-state index in [9.17, 15) is 9.59 Å². The molecule has 0 fully saturated rings. The number of rotatable bonds is 5. The van der Waals surface area contributed by atoms with Gasteiger partial charge in [-0.1, -0.05) is 18.2 Å². The summed E-state index contributed by atoms with van der Waals surface area (Å²) in [5, 5.41) is 13.5. The fourth-order valence-corrected chi connectivity index (χ4v) is 2.55. The second-order valence-corrected chi connectivity index (χ2v) is 5.61. The highest BCUT2D eigenvalue weighted by molar-refractivity contribution is 6.45. The molecule has 0 saturated carbocycles. The van der Waals surface area contributed by atoms with Crippen LogP contribution in [0.1, 0.15) is 12.8 Å². The normalized spacial score (nSPS) is 13.0. The maximum atomic E-state index is 12.2. The van der Waals surface area contributed by atoms with Crippen LogP contribution < -0.4 is 38.3 Å². The third-order valence-corrected chi connectivity index (χ3v) is 3.76. The van der Waals surface area contributed by atoms with Crippen molar-refractivity contribution in [1.82, 2.24) is 10.9 Å². The van der Waals surface area contributed by atoms with E-state index in [1.807, 2.05) is 6.07 Å². The molecule has 1 aromatic carbocycles. The average molecular weight is 364 g/mol. The standard InChI is InChI=1S/C18H16N6O3/c19-10-14(23-21-11-5-2-1-3-6-11)18(26)24-22-13-7-4-8-15-17(13)12(20)9-16(25)27-15/h1-3,5-6,8-9,21-22H,4,7,20H2,(H,24,26). The molecule has 27 heavy (non-hydrogen) atoms. The SMILES string of the molecule is N#CC(=NNc1ccccc1)C(=O)NNC1=c2c(N)cc(=O)oc2=CCC1. The molecule has 9 heteroatoms. The van der Waals surface area contributed by atoms with Gasteiger partial charge in [-0.05, 0) is 31.1 Å². The van der Waals surface area contributed by atoms with Crippen LogP contribution in [0.5, 0.6) is 0 Å². The molecule has 0 radical (unpaired) electrons. The van der Waals surface area contributed by atoms with Gasteiger partial charge in [0, 0.05) is 11.8 Å². The number of nitrogens with zero attached hydrogens (tertiary/aromatic N) is 2.